The average molecular weight is 384 g/mol. The van der Waals surface area contributed by atoms with Crippen molar-refractivity contribution in [2.75, 3.05) is 0 Å². The Morgan fingerprint density at radius 2 is 2.16 bits per heavy atom. The van der Waals surface area contributed by atoms with Crippen molar-refractivity contribution in [3.63, 3.8) is 0 Å². The van der Waals surface area contributed by atoms with Gasteiger partial charge in [-0.1, -0.05) is 29.8 Å². The van der Waals surface area contributed by atoms with Crippen molar-refractivity contribution in [2.45, 2.75) is 6.54 Å². The maximum atomic E-state index is 6.05. The van der Waals surface area contributed by atoms with Gasteiger partial charge in [0.05, 0.1) is 8.72 Å². The van der Waals surface area contributed by atoms with Crippen molar-refractivity contribution in [1.29, 1.82) is 0 Å². The van der Waals surface area contributed by atoms with Crippen LogP contribution in [0.1, 0.15) is 5.56 Å². The van der Waals surface area contributed by atoms with Crippen LogP contribution in [-0.4, -0.2) is 9.97 Å². The molecule has 3 nitrogen and oxygen atoms in total. The molecule has 0 aliphatic rings. The fraction of sp³-hybridized carbons (Fsp3) is 0.0714. The van der Waals surface area contributed by atoms with Gasteiger partial charge in [-0.2, -0.15) is 0 Å². The Morgan fingerprint density at radius 1 is 1.32 bits per heavy atom. The van der Waals surface area contributed by atoms with E-state index in [1.54, 1.807) is 6.20 Å². The fourth-order valence-electron chi connectivity index (χ4n) is 2.15. The van der Waals surface area contributed by atoms with Gasteiger partial charge in [0.2, 0.25) is 0 Å². The SMILES string of the molecule is NCc1cccc(-c2c(I)[nH]c3ncc(Cl)cc23)c1. The molecule has 96 valence electrons. The molecule has 0 saturated heterocycles. The molecule has 2 heterocycles. The largest absolute Gasteiger partial charge is 0.334 e. The number of nitrogens with two attached hydrogens (primary N) is 1. The second-order valence-electron chi connectivity index (χ2n) is 4.27. The van der Waals surface area contributed by atoms with E-state index in [0.717, 1.165) is 31.4 Å². The van der Waals surface area contributed by atoms with E-state index >= 15 is 0 Å². The van der Waals surface area contributed by atoms with Gasteiger partial charge in [0.25, 0.3) is 0 Å². The van der Waals surface area contributed by atoms with Gasteiger partial charge in [-0.05, 0) is 45.9 Å². The topological polar surface area (TPSA) is 54.7 Å². The summed E-state index contributed by atoms with van der Waals surface area (Å²) in [6.45, 7) is 0.534. The summed E-state index contributed by atoms with van der Waals surface area (Å²) >= 11 is 8.33. The molecule has 2 aromatic heterocycles. The molecule has 0 spiro atoms. The smallest absolute Gasteiger partial charge is 0.138 e. The van der Waals surface area contributed by atoms with E-state index in [9.17, 15) is 0 Å². The summed E-state index contributed by atoms with van der Waals surface area (Å²) < 4.78 is 1.05. The maximum Gasteiger partial charge on any atom is 0.138 e. The predicted molar refractivity (Wildman–Crippen MR) is 87.1 cm³/mol. The van der Waals surface area contributed by atoms with E-state index < -0.39 is 0 Å². The number of fused-ring (bicyclic) bond motifs is 1. The number of pyridine rings is 1. The summed E-state index contributed by atoms with van der Waals surface area (Å²) in [5.74, 6) is 0. The quantitative estimate of drug-likeness (QED) is 0.659. The van der Waals surface area contributed by atoms with Crippen LogP contribution in [0, 0.1) is 3.70 Å². The normalized spacial score (nSPS) is 11.1. The zero-order chi connectivity index (χ0) is 13.4. The summed E-state index contributed by atoms with van der Waals surface area (Å²) in [5, 5.41) is 1.67. The van der Waals surface area contributed by atoms with Crippen LogP contribution in [0.4, 0.5) is 0 Å². The van der Waals surface area contributed by atoms with E-state index in [0.29, 0.717) is 11.6 Å². The van der Waals surface area contributed by atoms with Gasteiger partial charge in [-0.3, -0.25) is 0 Å². The first-order valence-corrected chi connectivity index (χ1v) is 7.27. The Bertz CT molecular complexity index is 752. The van der Waals surface area contributed by atoms with E-state index in [2.05, 4.69) is 44.7 Å². The zero-order valence-electron chi connectivity index (χ0n) is 9.95. The highest BCUT2D eigenvalue weighted by atomic mass is 127. The molecule has 0 aliphatic carbocycles. The Hall–Kier alpha value is -1.11. The van der Waals surface area contributed by atoms with Crippen molar-refractivity contribution in [3.8, 4) is 11.1 Å². The van der Waals surface area contributed by atoms with Crippen LogP contribution in [0.5, 0.6) is 0 Å². The predicted octanol–water partition coefficient (Wildman–Crippen LogP) is 3.95. The molecule has 19 heavy (non-hydrogen) atoms. The third-order valence-electron chi connectivity index (χ3n) is 3.02. The number of aromatic nitrogens is 2. The summed E-state index contributed by atoms with van der Waals surface area (Å²) in [6.07, 6.45) is 1.65. The second-order valence-corrected chi connectivity index (χ2v) is 5.78. The second kappa shape index (κ2) is 5.11. The lowest BCUT2D eigenvalue weighted by atomic mass is 10.0. The van der Waals surface area contributed by atoms with Gasteiger partial charge in [0.15, 0.2) is 0 Å². The van der Waals surface area contributed by atoms with Crippen molar-refractivity contribution in [2.24, 2.45) is 5.73 Å². The van der Waals surface area contributed by atoms with Crippen LogP contribution in [0.25, 0.3) is 22.2 Å². The molecule has 0 aliphatic heterocycles. The molecule has 0 atom stereocenters. The summed E-state index contributed by atoms with van der Waals surface area (Å²) in [5.41, 5.74) is 9.92. The number of aromatic amines is 1. The number of hydrogen-bond donors (Lipinski definition) is 2. The monoisotopic (exact) mass is 383 g/mol. The third-order valence-corrected chi connectivity index (χ3v) is 4.04. The van der Waals surface area contributed by atoms with Gasteiger partial charge < -0.3 is 10.7 Å². The molecule has 3 rings (SSSR count). The lowest BCUT2D eigenvalue weighted by Crippen LogP contribution is -1.95. The number of hydrogen-bond acceptors (Lipinski definition) is 2. The zero-order valence-corrected chi connectivity index (χ0v) is 12.9. The minimum absolute atomic E-state index is 0.534. The summed E-state index contributed by atoms with van der Waals surface area (Å²) in [4.78, 5) is 7.59. The summed E-state index contributed by atoms with van der Waals surface area (Å²) in [6, 6.07) is 10.2. The molecule has 0 radical (unpaired) electrons. The average Bonchev–Trinajstić information content (AvgIpc) is 2.74. The highest BCUT2D eigenvalue weighted by Crippen LogP contribution is 2.34. The first-order chi connectivity index (χ1) is 9.19. The van der Waals surface area contributed by atoms with Crippen LogP contribution in [0.3, 0.4) is 0 Å². The van der Waals surface area contributed by atoms with Crippen molar-refractivity contribution >= 4 is 45.2 Å². The van der Waals surface area contributed by atoms with Crippen molar-refractivity contribution in [3.05, 3.63) is 50.8 Å². The van der Waals surface area contributed by atoms with Gasteiger partial charge >= 0.3 is 0 Å². The lowest BCUT2D eigenvalue weighted by Gasteiger charge is -2.04. The molecule has 5 heteroatoms. The minimum atomic E-state index is 0.534. The minimum Gasteiger partial charge on any atom is -0.334 e. The van der Waals surface area contributed by atoms with Gasteiger partial charge in [-0.15, -0.1) is 0 Å². The number of halogens is 2. The first kappa shape index (κ1) is 12.9. The Morgan fingerprint density at radius 3 is 2.95 bits per heavy atom. The first-order valence-electron chi connectivity index (χ1n) is 5.81. The van der Waals surface area contributed by atoms with E-state index in [1.165, 1.54) is 0 Å². The van der Waals surface area contributed by atoms with Crippen LogP contribution < -0.4 is 5.73 Å². The molecule has 0 bridgehead atoms. The standard InChI is InChI=1S/C14H11ClIN3/c15-10-5-11-12(13(16)19-14(11)18-7-10)9-3-1-2-8(4-9)6-17/h1-5,7H,6,17H2,(H,18,19). The molecule has 0 fully saturated rings. The lowest BCUT2D eigenvalue weighted by molar-refractivity contribution is 1.07. The number of nitrogens with zero attached hydrogens (tertiary/aromatic N) is 1. The van der Waals surface area contributed by atoms with Gasteiger partial charge in [0, 0.05) is 23.7 Å². The Labute approximate surface area is 129 Å². The highest BCUT2D eigenvalue weighted by Gasteiger charge is 2.13. The summed E-state index contributed by atoms with van der Waals surface area (Å²) in [7, 11) is 0. The Kier molecular flexibility index (Phi) is 3.47. The number of benzene rings is 1. The van der Waals surface area contributed by atoms with Crippen LogP contribution in [-0.2, 0) is 6.54 Å². The molecular formula is C14H11ClIN3. The van der Waals surface area contributed by atoms with Crippen molar-refractivity contribution in [1.82, 2.24) is 9.97 Å². The highest BCUT2D eigenvalue weighted by molar-refractivity contribution is 14.1. The third kappa shape index (κ3) is 2.35. The fourth-order valence-corrected chi connectivity index (χ4v) is 3.17. The molecule has 0 saturated carbocycles. The van der Waals surface area contributed by atoms with E-state index in [1.807, 2.05) is 18.2 Å². The molecule has 3 N–H and O–H groups in total. The molecule has 1 aromatic carbocycles. The number of nitrogens with one attached hydrogen (secondary N) is 1. The van der Waals surface area contributed by atoms with Gasteiger partial charge in [0.1, 0.15) is 5.65 Å². The number of rotatable bonds is 2. The van der Waals surface area contributed by atoms with E-state index in [4.69, 9.17) is 17.3 Å². The molecule has 0 amide bonds. The maximum absolute atomic E-state index is 6.05. The van der Waals surface area contributed by atoms with Gasteiger partial charge in [-0.25, -0.2) is 4.98 Å². The molecule has 0 unspecified atom stereocenters. The molecule has 3 aromatic rings. The van der Waals surface area contributed by atoms with Crippen LogP contribution in [0.2, 0.25) is 5.02 Å². The van der Waals surface area contributed by atoms with E-state index in [-0.39, 0.29) is 0 Å². The van der Waals surface area contributed by atoms with Crippen LogP contribution in [0.15, 0.2) is 36.5 Å². The van der Waals surface area contributed by atoms with Crippen LogP contribution >= 0.6 is 34.2 Å². The van der Waals surface area contributed by atoms with Crippen molar-refractivity contribution < 1.29 is 0 Å². The molecular weight excluding hydrogens is 373 g/mol. The Balaban J connectivity index is 2.28. The number of H-pyrrole nitrogens is 1.